The van der Waals surface area contributed by atoms with Crippen molar-refractivity contribution >= 4 is 29.0 Å². The van der Waals surface area contributed by atoms with Gasteiger partial charge in [0.15, 0.2) is 5.78 Å². The molecular weight excluding hydrogens is 257 g/mol. The molecule has 92 valence electrons. The number of hydrogen-bond donors (Lipinski definition) is 1. The van der Waals surface area contributed by atoms with Gasteiger partial charge in [0.2, 0.25) is 0 Å². The van der Waals surface area contributed by atoms with E-state index < -0.39 is 0 Å². The largest absolute Gasteiger partial charge is 0.327 e. The Morgan fingerprint density at radius 2 is 1.88 bits per heavy atom. The number of benzene rings is 1. The van der Waals surface area contributed by atoms with Crippen LogP contribution in [0.25, 0.3) is 0 Å². The lowest BCUT2D eigenvalue weighted by atomic mass is 9.80. The summed E-state index contributed by atoms with van der Waals surface area (Å²) in [5, 5.41) is 0.887. The number of rotatable bonds is 2. The first-order chi connectivity index (χ1) is 8.09. The molecule has 1 fully saturated rings. The Kier molecular flexibility index (Phi) is 4.08. The van der Waals surface area contributed by atoms with Crippen LogP contribution in [0.1, 0.15) is 36.0 Å². The molecule has 0 aromatic heterocycles. The van der Waals surface area contributed by atoms with Gasteiger partial charge in [0.25, 0.3) is 0 Å². The molecular formula is C13H15Cl2NO. The van der Waals surface area contributed by atoms with E-state index >= 15 is 0 Å². The molecule has 2 rings (SSSR count). The quantitative estimate of drug-likeness (QED) is 0.834. The van der Waals surface area contributed by atoms with Gasteiger partial charge in [-0.3, -0.25) is 4.79 Å². The highest BCUT2D eigenvalue weighted by Gasteiger charge is 2.29. The predicted molar refractivity (Wildman–Crippen MR) is 70.7 cm³/mol. The molecule has 2 atom stereocenters. The standard InChI is InChI=1S/C13H15Cl2NO/c14-10-6-5-8(7-11(10)15)13(17)9-3-1-2-4-12(9)16/h5-7,9,12H,1-4,16H2. The van der Waals surface area contributed by atoms with Crippen molar-refractivity contribution in [2.45, 2.75) is 31.7 Å². The van der Waals surface area contributed by atoms with E-state index in [1.54, 1.807) is 18.2 Å². The SMILES string of the molecule is NC1CCCCC1C(=O)c1ccc(Cl)c(Cl)c1. The number of carbonyl (C=O) groups is 1. The number of Topliss-reactive ketones (excluding diaryl/α,β-unsaturated/α-hetero) is 1. The molecule has 4 heteroatoms. The molecule has 0 amide bonds. The molecule has 1 aromatic rings. The van der Waals surface area contributed by atoms with Crippen LogP contribution in [0.4, 0.5) is 0 Å². The first-order valence-corrected chi connectivity index (χ1v) is 6.60. The summed E-state index contributed by atoms with van der Waals surface area (Å²) >= 11 is 11.7. The highest BCUT2D eigenvalue weighted by molar-refractivity contribution is 6.42. The number of hydrogen-bond acceptors (Lipinski definition) is 2. The number of nitrogens with two attached hydrogens (primary N) is 1. The van der Waals surface area contributed by atoms with Gasteiger partial charge >= 0.3 is 0 Å². The molecule has 1 aromatic carbocycles. The zero-order valence-corrected chi connectivity index (χ0v) is 11.0. The zero-order valence-electron chi connectivity index (χ0n) is 9.46. The third-order valence-electron chi connectivity index (χ3n) is 3.36. The fourth-order valence-electron chi connectivity index (χ4n) is 2.35. The van der Waals surface area contributed by atoms with Crippen LogP contribution >= 0.6 is 23.2 Å². The van der Waals surface area contributed by atoms with Crippen LogP contribution in [0.5, 0.6) is 0 Å². The van der Waals surface area contributed by atoms with Crippen molar-refractivity contribution in [1.29, 1.82) is 0 Å². The molecule has 2 unspecified atom stereocenters. The van der Waals surface area contributed by atoms with Crippen molar-refractivity contribution < 1.29 is 4.79 Å². The molecule has 0 saturated heterocycles. The molecule has 0 spiro atoms. The maximum atomic E-state index is 12.3. The minimum atomic E-state index is -0.0685. The predicted octanol–water partition coefficient (Wildman–Crippen LogP) is 3.69. The lowest BCUT2D eigenvalue weighted by molar-refractivity contribution is 0.0871. The molecule has 0 aliphatic heterocycles. The summed E-state index contributed by atoms with van der Waals surface area (Å²) < 4.78 is 0. The lowest BCUT2D eigenvalue weighted by Crippen LogP contribution is -2.38. The second kappa shape index (κ2) is 5.38. The summed E-state index contributed by atoms with van der Waals surface area (Å²) in [5.41, 5.74) is 6.62. The summed E-state index contributed by atoms with van der Waals surface area (Å²) in [6.45, 7) is 0. The fraction of sp³-hybridized carbons (Fsp3) is 0.462. The van der Waals surface area contributed by atoms with Crippen molar-refractivity contribution in [3.8, 4) is 0 Å². The number of ketones is 1. The third kappa shape index (κ3) is 2.82. The van der Waals surface area contributed by atoms with Crippen LogP contribution in [-0.4, -0.2) is 11.8 Å². The molecule has 1 aliphatic rings. The first-order valence-electron chi connectivity index (χ1n) is 5.84. The van der Waals surface area contributed by atoms with E-state index in [-0.39, 0.29) is 17.7 Å². The van der Waals surface area contributed by atoms with Crippen LogP contribution < -0.4 is 5.73 Å². The van der Waals surface area contributed by atoms with Gasteiger partial charge in [-0.15, -0.1) is 0 Å². The minimum absolute atomic E-state index is 0.0225. The molecule has 0 heterocycles. The maximum absolute atomic E-state index is 12.3. The van der Waals surface area contributed by atoms with E-state index in [1.165, 1.54) is 0 Å². The smallest absolute Gasteiger partial charge is 0.167 e. The van der Waals surface area contributed by atoms with Crippen molar-refractivity contribution in [3.63, 3.8) is 0 Å². The van der Waals surface area contributed by atoms with Gasteiger partial charge in [0.1, 0.15) is 0 Å². The Hall–Kier alpha value is -0.570. The van der Waals surface area contributed by atoms with Crippen LogP contribution in [0.2, 0.25) is 10.0 Å². The summed E-state index contributed by atoms with van der Waals surface area (Å²) in [7, 11) is 0. The van der Waals surface area contributed by atoms with E-state index in [0.717, 1.165) is 25.7 Å². The molecule has 1 saturated carbocycles. The normalized spacial score (nSPS) is 24.6. The summed E-state index contributed by atoms with van der Waals surface area (Å²) in [6.07, 6.45) is 4.00. The Balaban J connectivity index is 2.21. The molecule has 0 radical (unpaired) electrons. The van der Waals surface area contributed by atoms with Gasteiger partial charge in [-0.05, 0) is 31.0 Å². The van der Waals surface area contributed by atoms with Gasteiger partial charge in [0.05, 0.1) is 10.0 Å². The fourth-order valence-corrected chi connectivity index (χ4v) is 2.65. The molecule has 2 nitrogen and oxygen atoms in total. The van der Waals surface area contributed by atoms with Crippen LogP contribution in [0.3, 0.4) is 0 Å². The van der Waals surface area contributed by atoms with Crippen LogP contribution in [0, 0.1) is 5.92 Å². The Morgan fingerprint density at radius 3 is 2.53 bits per heavy atom. The van der Waals surface area contributed by atoms with Gasteiger partial charge in [-0.25, -0.2) is 0 Å². The van der Waals surface area contributed by atoms with Gasteiger partial charge in [-0.1, -0.05) is 36.0 Å². The zero-order chi connectivity index (χ0) is 12.4. The lowest BCUT2D eigenvalue weighted by Gasteiger charge is -2.27. The maximum Gasteiger partial charge on any atom is 0.167 e. The van der Waals surface area contributed by atoms with Crippen molar-refractivity contribution in [2.75, 3.05) is 0 Å². The summed E-state index contributed by atoms with van der Waals surface area (Å²) in [5.74, 6) is 0.0248. The van der Waals surface area contributed by atoms with Crippen LogP contribution in [-0.2, 0) is 0 Å². The van der Waals surface area contributed by atoms with E-state index in [1.807, 2.05) is 0 Å². The van der Waals surface area contributed by atoms with Crippen LogP contribution in [0.15, 0.2) is 18.2 Å². The summed E-state index contributed by atoms with van der Waals surface area (Å²) in [4.78, 5) is 12.3. The van der Waals surface area contributed by atoms with E-state index in [4.69, 9.17) is 28.9 Å². The number of halogens is 2. The molecule has 0 bridgehead atoms. The molecule has 1 aliphatic carbocycles. The second-order valence-corrected chi connectivity index (χ2v) is 5.36. The Morgan fingerprint density at radius 1 is 1.18 bits per heavy atom. The highest BCUT2D eigenvalue weighted by atomic mass is 35.5. The Bertz CT molecular complexity index is 433. The molecule has 17 heavy (non-hydrogen) atoms. The number of carbonyl (C=O) groups excluding carboxylic acids is 1. The van der Waals surface area contributed by atoms with Gasteiger partial charge in [0, 0.05) is 17.5 Å². The molecule has 2 N–H and O–H groups in total. The average Bonchev–Trinajstić information content (AvgIpc) is 2.32. The Labute approximate surface area is 111 Å². The first kappa shape index (κ1) is 12.9. The third-order valence-corrected chi connectivity index (χ3v) is 4.10. The average molecular weight is 272 g/mol. The van der Waals surface area contributed by atoms with Crippen molar-refractivity contribution in [1.82, 2.24) is 0 Å². The topological polar surface area (TPSA) is 43.1 Å². The highest BCUT2D eigenvalue weighted by Crippen LogP contribution is 2.29. The van der Waals surface area contributed by atoms with Gasteiger partial charge in [-0.2, -0.15) is 0 Å². The monoisotopic (exact) mass is 271 g/mol. The van der Waals surface area contributed by atoms with E-state index in [0.29, 0.717) is 15.6 Å². The van der Waals surface area contributed by atoms with Gasteiger partial charge < -0.3 is 5.73 Å². The summed E-state index contributed by atoms with van der Waals surface area (Å²) in [6, 6.07) is 4.99. The van der Waals surface area contributed by atoms with E-state index in [9.17, 15) is 4.79 Å². The second-order valence-electron chi connectivity index (χ2n) is 4.55. The van der Waals surface area contributed by atoms with Crippen molar-refractivity contribution in [2.24, 2.45) is 11.7 Å². The minimum Gasteiger partial charge on any atom is -0.327 e. The van der Waals surface area contributed by atoms with Crippen molar-refractivity contribution in [3.05, 3.63) is 33.8 Å². The van der Waals surface area contributed by atoms with E-state index in [2.05, 4.69) is 0 Å².